The zero-order valence-electron chi connectivity index (χ0n) is 15.1. The van der Waals surface area contributed by atoms with Gasteiger partial charge < -0.3 is 5.32 Å². The van der Waals surface area contributed by atoms with Crippen LogP contribution in [0.1, 0.15) is 26.4 Å². The molecule has 0 saturated heterocycles. The Morgan fingerprint density at radius 1 is 0.833 bits per heavy atom. The van der Waals surface area contributed by atoms with E-state index in [4.69, 9.17) is 0 Å². The molecule has 9 heteroatoms. The quantitative estimate of drug-likeness (QED) is 0.518. The topological polar surface area (TPSA) is 84.8 Å². The average molecular weight is 408 g/mol. The zero-order valence-corrected chi connectivity index (χ0v) is 15.1. The molecule has 1 amide bonds. The first kappa shape index (κ1) is 19.2. The lowest BCUT2D eigenvalue weighted by molar-refractivity contribution is 0.101. The molecule has 2 aromatic carbocycles. The lowest BCUT2D eigenvalue weighted by Crippen LogP contribution is -2.16. The van der Waals surface area contributed by atoms with Crippen molar-refractivity contribution in [3.63, 3.8) is 0 Å². The third kappa shape index (κ3) is 3.72. The first-order valence-corrected chi connectivity index (χ1v) is 8.60. The van der Waals surface area contributed by atoms with Crippen LogP contribution in [0.15, 0.2) is 61.1 Å². The number of amides is 1. The molecule has 0 fully saturated rings. The monoisotopic (exact) mass is 408 g/mol. The predicted molar refractivity (Wildman–Crippen MR) is 101 cm³/mol. The van der Waals surface area contributed by atoms with Gasteiger partial charge in [-0.3, -0.25) is 24.5 Å². The van der Waals surface area contributed by atoms with E-state index in [-0.39, 0.29) is 11.3 Å². The van der Waals surface area contributed by atoms with Gasteiger partial charge in [0.05, 0.1) is 23.0 Å². The second-order valence-electron chi connectivity index (χ2n) is 6.22. The second-order valence-corrected chi connectivity index (χ2v) is 6.22. The summed E-state index contributed by atoms with van der Waals surface area (Å²) in [7, 11) is 0. The number of pyridine rings is 1. The van der Waals surface area contributed by atoms with Crippen LogP contribution in [0, 0.1) is 17.5 Å². The van der Waals surface area contributed by atoms with Crippen molar-refractivity contribution in [3.05, 3.63) is 95.3 Å². The normalized spacial score (nSPS) is 10.8. The summed E-state index contributed by atoms with van der Waals surface area (Å²) in [5.74, 6) is -4.52. The summed E-state index contributed by atoms with van der Waals surface area (Å²) >= 11 is 0. The van der Waals surface area contributed by atoms with Crippen molar-refractivity contribution in [3.8, 4) is 0 Å². The molecular weight excluding hydrogens is 397 g/mol. The van der Waals surface area contributed by atoms with Gasteiger partial charge in [-0.25, -0.2) is 13.2 Å². The van der Waals surface area contributed by atoms with Crippen LogP contribution in [0.3, 0.4) is 0 Å². The maximum Gasteiger partial charge on any atom is 0.255 e. The summed E-state index contributed by atoms with van der Waals surface area (Å²) in [5, 5.41) is 2.16. The van der Waals surface area contributed by atoms with Gasteiger partial charge in [0.1, 0.15) is 22.8 Å². The van der Waals surface area contributed by atoms with Crippen LogP contribution in [0.2, 0.25) is 0 Å². The zero-order chi connectivity index (χ0) is 21.3. The number of halogens is 3. The van der Waals surface area contributed by atoms with E-state index >= 15 is 0 Å². The van der Waals surface area contributed by atoms with Gasteiger partial charge >= 0.3 is 0 Å². The fourth-order valence-corrected chi connectivity index (χ4v) is 2.80. The molecule has 0 atom stereocenters. The number of nitrogens with one attached hydrogen (secondary N) is 1. The number of carbonyl (C=O) groups is 2. The van der Waals surface area contributed by atoms with Crippen molar-refractivity contribution < 1.29 is 22.8 Å². The van der Waals surface area contributed by atoms with E-state index in [1.807, 2.05) is 0 Å². The number of anilines is 1. The van der Waals surface area contributed by atoms with E-state index in [1.54, 1.807) is 0 Å². The van der Waals surface area contributed by atoms with Crippen molar-refractivity contribution in [2.45, 2.75) is 0 Å². The van der Waals surface area contributed by atoms with Crippen LogP contribution in [0.25, 0.3) is 11.0 Å². The summed E-state index contributed by atoms with van der Waals surface area (Å²) in [6, 6.07) is 7.42. The maximum atomic E-state index is 14.9. The van der Waals surface area contributed by atoms with Gasteiger partial charge in [0.25, 0.3) is 5.91 Å². The van der Waals surface area contributed by atoms with E-state index in [1.165, 1.54) is 36.8 Å². The fourth-order valence-electron chi connectivity index (χ4n) is 2.80. The highest BCUT2D eigenvalue weighted by molar-refractivity contribution is 6.10. The largest absolute Gasteiger partial charge is 0.319 e. The first-order chi connectivity index (χ1) is 14.4. The van der Waals surface area contributed by atoms with Crippen LogP contribution < -0.4 is 5.32 Å². The van der Waals surface area contributed by atoms with Gasteiger partial charge in [0, 0.05) is 24.0 Å². The van der Waals surface area contributed by atoms with Gasteiger partial charge in [0.15, 0.2) is 5.82 Å². The van der Waals surface area contributed by atoms with Crippen LogP contribution in [-0.2, 0) is 0 Å². The fraction of sp³-hybridized carbons (Fsp3) is 0. The Hall–Kier alpha value is -4.14. The van der Waals surface area contributed by atoms with Gasteiger partial charge in [-0.2, -0.15) is 0 Å². The van der Waals surface area contributed by atoms with E-state index in [0.29, 0.717) is 17.1 Å². The molecule has 0 aliphatic rings. The Balaban J connectivity index is 1.69. The highest BCUT2D eigenvalue weighted by Crippen LogP contribution is 2.24. The minimum atomic E-state index is -1.15. The minimum Gasteiger partial charge on any atom is -0.319 e. The number of hydrogen-bond acceptors (Lipinski definition) is 5. The van der Waals surface area contributed by atoms with Crippen molar-refractivity contribution >= 4 is 28.4 Å². The third-order valence-corrected chi connectivity index (χ3v) is 4.21. The van der Waals surface area contributed by atoms with Crippen LogP contribution in [0.4, 0.5) is 18.9 Å². The molecule has 6 nitrogen and oxygen atoms in total. The van der Waals surface area contributed by atoms with Crippen molar-refractivity contribution in [2.24, 2.45) is 0 Å². The molecule has 0 bridgehead atoms. The Labute approximate surface area is 167 Å². The molecule has 30 heavy (non-hydrogen) atoms. The molecule has 4 rings (SSSR count). The van der Waals surface area contributed by atoms with Gasteiger partial charge in [-0.05, 0) is 30.3 Å². The molecule has 4 aromatic rings. The number of rotatable bonds is 4. The van der Waals surface area contributed by atoms with Crippen LogP contribution in [0.5, 0.6) is 0 Å². The molecule has 1 N–H and O–H groups in total. The van der Waals surface area contributed by atoms with Crippen LogP contribution >= 0.6 is 0 Å². The molecule has 0 unspecified atom stereocenters. The Kier molecular flexibility index (Phi) is 4.93. The standard InChI is InChI=1S/C21H11F3N4O2/c22-12-3-1-2-11(6-12)21(30)28-16-8-13(23)7-14(19(16)24)20(29)17-9-15-18(10-27-17)26-5-4-25-15/h1-10H,(H,28,30). The van der Waals surface area contributed by atoms with Crippen molar-refractivity contribution in [2.75, 3.05) is 5.32 Å². The number of fused-ring (bicyclic) bond motifs is 1. The number of ketones is 1. The predicted octanol–water partition coefficient (Wildman–Crippen LogP) is 3.93. The number of carbonyl (C=O) groups excluding carboxylic acids is 2. The SMILES string of the molecule is O=C(Nc1cc(F)cc(C(=O)c2cc3nccnc3cn2)c1F)c1cccc(F)c1. The molecule has 148 valence electrons. The summed E-state index contributed by atoms with van der Waals surface area (Å²) in [4.78, 5) is 37.0. The molecule has 2 aromatic heterocycles. The van der Waals surface area contributed by atoms with Gasteiger partial charge in [-0.15, -0.1) is 0 Å². The lowest BCUT2D eigenvalue weighted by Gasteiger charge is -2.10. The molecule has 0 radical (unpaired) electrons. The maximum absolute atomic E-state index is 14.9. The third-order valence-electron chi connectivity index (χ3n) is 4.21. The van der Waals surface area contributed by atoms with Crippen molar-refractivity contribution in [1.29, 1.82) is 0 Å². The lowest BCUT2D eigenvalue weighted by atomic mass is 10.0. The van der Waals surface area contributed by atoms with Gasteiger partial charge in [-0.1, -0.05) is 6.07 Å². The van der Waals surface area contributed by atoms with Crippen molar-refractivity contribution in [1.82, 2.24) is 15.0 Å². The van der Waals surface area contributed by atoms with E-state index in [0.717, 1.165) is 18.2 Å². The Morgan fingerprint density at radius 2 is 1.60 bits per heavy atom. The molecule has 0 aliphatic heterocycles. The number of nitrogens with zero attached hydrogens (tertiary/aromatic N) is 3. The molecule has 0 spiro atoms. The van der Waals surface area contributed by atoms with E-state index < -0.39 is 40.4 Å². The summed E-state index contributed by atoms with van der Waals surface area (Å²) in [6.45, 7) is 0. The van der Waals surface area contributed by atoms with E-state index in [9.17, 15) is 22.8 Å². The summed E-state index contributed by atoms with van der Waals surface area (Å²) in [6.07, 6.45) is 4.16. The molecule has 0 aliphatic carbocycles. The molecular formula is C21H11F3N4O2. The van der Waals surface area contributed by atoms with Crippen LogP contribution in [-0.4, -0.2) is 26.6 Å². The van der Waals surface area contributed by atoms with Gasteiger partial charge in [0.2, 0.25) is 5.78 Å². The molecule has 2 heterocycles. The first-order valence-electron chi connectivity index (χ1n) is 8.60. The molecule has 0 saturated carbocycles. The highest BCUT2D eigenvalue weighted by Gasteiger charge is 2.22. The second kappa shape index (κ2) is 7.70. The van der Waals surface area contributed by atoms with E-state index in [2.05, 4.69) is 20.3 Å². The highest BCUT2D eigenvalue weighted by atomic mass is 19.1. The Morgan fingerprint density at radius 3 is 2.37 bits per heavy atom. The number of aromatic nitrogens is 3. The number of hydrogen-bond donors (Lipinski definition) is 1. The summed E-state index contributed by atoms with van der Waals surface area (Å²) in [5.41, 5.74) is -0.672. The summed E-state index contributed by atoms with van der Waals surface area (Å²) < 4.78 is 42.3. The number of benzene rings is 2. The smallest absolute Gasteiger partial charge is 0.255 e. The average Bonchev–Trinajstić information content (AvgIpc) is 2.75. The Bertz CT molecular complexity index is 1310. The minimum absolute atomic E-state index is 0.0960.